The fourth-order valence-corrected chi connectivity index (χ4v) is 6.00. The highest BCUT2D eigenvalue weighted by atomic mass is 32.2. The van der Waals surface area contributed by atoms with E-state index in [1.54, 1.807) is 34.9 Å². The van der Waals surface area contributed by atoms with Gasteiger partial charge in [-0.15, -0.1) is 10.2 Å². The van der Waals surface area contributed by atoms with Crippen molar-refractivity contribution < 1.29 is 4.79 Å². The van der Waals surface area contributed by atoms with Crippen LogP contribution < -0.4 is 5.32 Å². The zero-order chi connectivity index (χ0) is 19.1. The Balaban J connectivity index is 1.36. The Morgan fingerprint density at radius 1 is 1.15 bits per heavy atom. The molecule has 3 rings (SSSR count). The summed E-state index contributed by atoms with van der Waals surface area (Å²) in [6.45, 7) is 5.12. The minimum Gasteiger partial charge on any atom is -0.355 e. The number of nitrogens with zero attached hydrogens (tertiary/aromatic N) is 2. The summed E-state index contributed by atoms with van der Waals surface area (Å²) in [6, 6.07) is 8.82. The molecule has 2 aromatic rings. The molecule has 7 heteroatoms. The van der Waals surface area contributed by atoms with Gasteiger partial charge in [-0.05, 0) is 29.9 Å². The first kappa shape index (κ1) is 20.7. The lowest BCUT2D eigenvalue weighted by Crippen LogP contribution is -2.30. The van der Waals surface area contributed by atoms with Crippen molar-refractivity contribution in [3.8, 4) is 0 Å². The molecular weight excluding hydrogens is 394 g/mol. The van der Waals surface area contributed by atoms with E-state index in [1.165, 1.54) is 24.0 Å². The van der Waals surface area contributed by atoms with Crippen LogP contribution in [0.2, 0.25) is 0 Å². The Bertz CT molecular complexity index is 724. The lowest BCUT2D eigenvalue weighted by Gasteiger charge is -2.09. The Morgan fingerprint density at radius 3 is 2.48 bits per heavy atom. The van der Waals surface area contributed by atoms with Gasteiger partial charge in [0.15, 0.2) is 8.68 Å². The fourth-order valence-electron chi connectivity index (χ4n) is 3.10. The molecule has 1 N–H and O–H groups in total. The Hall–Kier alpha value is -1.05. The molecule has 1 aliphatic rings. The second-order valence-electron chi connectivity index (χ2n) is 7.14. The number of benzene rings is 1. The second kappa shape index (κ2) is 10.5. The predicted octanol–water partition coefficient (Wildman–Crippen LogP) is 5.35. The molecule has 1 amide bonds. The van der Waals surface area contributed by atoms with Gasteiger partial charge in [-0.1, -0.05) is 85.8 Å². The van der Waals surface area contributed by atoms with Crippen LogP contribution in [-0.4, -0.2) is 28.4 Å². The molecule has 0 spiro atoms. The quantitative estimate of drug-likeness (QED) is 0.437. The molecule has 0 atom stereocenters. The number of amides is 1. The maximum absolute atomic E-state index is 12.0. The summed E-state index contributed by atoms with van der Waals surface area (Å²) in [5.74, 6) is 2.79. The van der Waals surface area contributed by atoms with E-state index in [2.05, 4.69) is 53.6 Å². The number of rotatable bonds is 9. The van der Waals surface area contributed by atoms with Crippen LogP contribution in [-0.2, 0) is 10.5 Å². The van der Waals surface area contributed by atoms with Gasteiger partial charge in [0.1, 0.15) is 0 Å². The maximum atomic E-state index is 12.0. The average molecular weight is 422 g/mol. The first-order valence-electron chi connectivity index (χ1n) is 9.57. The average Bonchev–Trinajstić information content (AvgIpc) is 3.36. The molecule has 1 saturated carbocycles. The second-order valence-corrected chi connectivity index (χ2v) is 10.7. The molecule has 27 heavy (non-hydrogen) atoms. The lowest BCUT2D eigenvalue weighted by molar-refractivity contribution is -0.124. The van der Waals surface area contributed by atoms with Gasteiger partial charge < -0.3 is 5.32 Å². The van der Waals surface area contributed by atoms with Crippen molar-refractivity contribution in [2.45, 2.75) is 59.9 Å². The normalized spacial score (nSPS) is 14.8. The van der Waals surface area contributed by atoms with Gasteiger partial charge in [0.05, 0.1) is 0 Å². The van der Waals surface area contributed by atoms with Crippen molar-refractivity contribution >= 4 is 40.8 Å². The summed E-state index contributed by atoms with van der Waals surface area (Å²) in [5, 5.41) is 11.6. The van der Waals surface area contributed by atoms with Crippen molar-refractivity contribution in [2.24, 2.45) is 5.92 Å². The molecule has 4 nitrogen and oxygen atoms in total. The first-order chi connectivity index (χ1) is 13.1. The predicted molar refractivity (Wildman–Crippen MR) is 116 cm³/mol. The number of thioether (sulfide) groups is 2. The van der Waals surface area contributed by atoms with Crippen LogP contribution in [0.1, 0.15) is 56.6 Å². The first-order valence-corrected chi connectivity index (χ1v) is 12.4. The molecule has 0 aliphatic heterocycles. The van der Waals surface area contributed by atoms with E-state index in [9.17, 15) is 4.79 Å². The summed E-state index contributed by atoms with van der Waals surface area (Å²) < 4.78 is 1.98. The van der Waals surface area contributed by atoms with E-state index in [1.807, 2.05) is 0 Å². The van der Waals surface area contributed by atoms with E-state index in [0.717, 1.165) is 33.0 Å². The SMILES string of the molecule is CC(C)c1ccc(CSc2nnc(SCCNC(=O)C3CCCC3)s2)cc1. The highest BCUT2D eigenvalue weighted by Crippen LogP contribution is 2.31. The van der Waals surface area contributed by atoms with Gasteiger partial charge in [-0.3, -0.25) is 4.79 Å². The van der Waals surface area contributed by atoms with Gasteiger partial charge in [-0.2, -0.15) is 0 Å². The molecule has 0 radical (unpaired) electrons. The molecular formula is C20H27N3OS3. The van der Waals surface area contributed by atoms with E-state index >= 15 is 0 Å². The number of hydrogen-bond acceptors (Lipinski definition) is 6. The summed E-state index contributed by atoms with van der Waals surface area (Å²) in [4.78, 5) is 12.0. The molecule has 1 aliphatic carbocycles. The van der Waals surface area contributed by atoms with Crippen molar-refractivity contribution in [3.63, 3.8) is 0 Å². The van der Waals surface area contributed by atoms with Crippen LogP contribution in [0.4, 0.5) is 0 Å². The van der Waals surface area contributed by atoms with E-state index in [4.69, 9.17) is 0 Å². The molecule has 0 unspecified atom stereocenters. The monoisotopic (exact) mass is 421 g/mol. The highest BCUT2D eigenvalue weighted by molar-refractivity contribution is 8.02. The molecule has 1 fully saturated rings. The fraction of sp³-hybridized carbons (Fsp3) is 0.550. The molecule has 146 valence electrons. The van der Waals surface area contributed by atoms with Gasteiger partial charge in [0.2, 0.25) is 5.91 Å². The summed E-state index contributed by atoms with van der Waals surface area (Å²) >= 11 is 5.04. The highest BCUT2D eigenvalue weighted by Gasteiger charge is 2.21. The molecule has 1 aromatic carbocycles. The third-order valence-corrected chi connectivity index (χ3v) is 8.01. The van der Waals surface area contributed by atoms with Crippen LogP contribution in [0.5, 0.6) is 0 Å². The molecule has 1 aromatic heterocycles. The number of carbonyl (C=O) groups excluding carboxylic acids is 1. The van der Waals surface area contributed by atoms with Crippen LogP contribution in [0.25, 0.3) is 0 Å². The lowest BCUT2D eigenvalue weighted by atomic mass is 10.0. The van der Waals surface area contributed by atoms with E-state index in [0.29, 0.717) is 12.5 Å². The zero-order valence-corrected chi connectivity index (χ0v) is 18.4. The number of aromatic nitrogens is 2. The number of carbonyl (C=O) groups is 1. The third-order valence-electron chi connectivity index (χ3n) is 4.75. The summed E-state index contributed by atoms with van der Waals surface area (Å²) in [7, 11) is 0. The van der Waals surface area contributed by atoms with E-state index < -0.39 is 0 Å². The molecule has 1 heterocycles. The minimum atomic E-state index is 0.227. The number of hydrogen-bond donors (Lipinski definition) is 1. The van der Waals surface area contributed by atoms with Gasteiger partial charge >= 0.3 is 0 Å². The van der Waals surface area contributed by atoms with Crippen LogP contribution in [0, 0.1) is 5.92 Å². The minimum absolute atomic E-state index is 0.227. The third kappa shape index (κ3) is 6.50. The maximum Gasteiger partial charge on any atom is 0.223 e. The van der Waals surface area contributed by atoms with Crippen molar-refractivity contribution in [2.75, 3.05) is 12.3 Å². The van der Waals surface area contributed by atoms with Crippen molar-refractivity contribution in [3.05, 3.63) is 35.4 Å². The summed E-state index contributed by atoms with van der Waals surface area (Å²) in [5.41, 5.74) is 2.68. The van der Waals surface area contributed by atoms with Crippen molar-refractivity contribution in [1.29, 1.82) is 0 Å². The summed E-state index contributed by atoms with van der Waals surface area (Å²) in [6.07, 6.45) is 4.49. The van der Waals surface area contributed by atoms with Crippen LogP contribution in [0.3, 0.4) is 0 Å². The molecule has 0 saturated heterocycles. The van der Waals surface area contributed by atoms with Gasteiger partial charge in [0.25, 0.3) is 0 Å². The Morgan fingerprint density at radius 2 is 1.81 bits per heavy atom. The smallest absolute Gasteiger partial charge is 0.223 e. The molecule has 0 bridgehead atoms. The van der Waals surface area contributed by atoms with Crippen LogP contribution >= 0.6 is 34.9 Å². The van der Waals surface area contributed by atoms with Crippen molar-refractivity contribution in [1.82, 2.24) is 15.5 Å². The largest absolute Gasteiger partial charge is 0.355 e. The Kier molecular flexibility index (Phi) is 8.03. The topological polar surface area (TPSA) is 54.9 Å². The van der Waals surface area contributed by atoms with Gasteiger partial charge in [0, 0.05) is 24.0 Å². The number of nitrogens with one attached hydrogen (secondary N) is 1. The standard InChI is InChI=1S/C20H27N3OS3/c1-14(2)16-9-7-15(8-10-16)13-26-20-23-22-19(27-20)25-12-11-21-18(24)17-5-3-4-6-17/h7-10,14,17H,3-6,11-13H2,1-2H3,(H,21,24). The zero-order valence-electron chi connectivity index (χ0n) is 15.9. The Labute approximate surface area is 174 Å². The van der Waals surface area contributed by atoms with E-state index in [-0.39, 0.29) is 11.8 Å². The van der Waals surface area contributed by atoms with Crippen LogP contribution in [0.15, 0.2) is 32.9 Å². The van der Waals surface area contributed by atoms with Gasteiger partial charge in [-0.25, -0.2) is 0 Å².